The molecular weight excluding hydrogens is 348 g/mol. The molecule has 0 atom stereocenters. The van der Waals surface area contributed by atoms with Gasteiger partial charge in [0.25, 0.3) is 5.91 Å². The van der Waals surface area contributed by atoms with E-state index in [0.717, 1.165) is 24.3 Å². The Balaban J connectivity index is 1.61. The van der Waals surface area contributed by atoms with Gasteiger partial charge in [-0.2, -0.15) is 0 Å². The molecule has 1 aliphatic carbocycles. The van der Waals surface area contributed by atoms with Crippen LogP contribution in [0.4, 0.5) is 11.6 Å². The summed E-state index contributed by atoms with van der Waals surface area (Å²) in [5.41, 5.74) is 4.67. The Labute approximate surface area is 167 Å². The number of nitrogens with zero attached hydrogens (tertiary/aromatic N) is 2. The van der Waals surface area contributed by atoms with Crippen molar-refractivity contribution in [3.63, 3.8) is 0 Å². The van der Waals surface area contributed by atoms with E-state index in [1.807, 2.05) is 31.2 Å². The van der Waals surface area contributed by atoms with Gasteiger partial charge < -0.3 is 10.6 Å². The van der Waals surface area contributed by atoms with Gasteiger partial charge in [-0.3, -0.25) is 4.79 Å². The fourth-order valence-electron chi connectivity index (χ4n) is 3.38. The minimum atomic E-state index is -0.221. The van der Waals surface area contributed by atoms with Crippen molar-refractivity contribution in [2.45, 2.75) is 58.8 Å². The van der Waals surface area contributed by atoms with E-state index in [1.165, 1.54) is 36.8 Å². The quantitative estimate of drug-likeness (QED) is 0.628. The SMILES string of the molecule is Cc1cc(C(=O)Nc2ccc(C(C)C)cc2)nc(NCCC2=CCCCC2)n1. The Morgan fingerprint density at radius 3 is 2.61 bits per heavy atom. The maximum absolute atomic E-state index is 12.6. The smallest absolute Gasteiger partial charge is 0.274 e. The first kappa shape index (κ1) is 20.1. The Kier molecular flexibility index (Phi) is 6.80. The number of hydrogen-bond acceptors (Lipinski definition) is 4. The lowest BCUT2D eigenvalue weighted by Gasteiger charge is -2.13. The summed E-state index contributed by atoms with van der Waals surface area (Å²) in [7, 11) is 0. The third-order valence-corrected chi connectivity index (χ3v) is 5.04. The van der Waals surface area contributed by atoms with Crippen molar-refractivity contribution in [1.29, 1.82) is 0 Å². The highest BCUT2D eigenvalue weighted by atomic mass is 16.1. The summed E-state index contributed by atoms with van der Waals surface area (Å²) in [4.78, 5) is 21.4. The number of allylic oxidation sites excluding steroid dienone is 1. The third kappa shape index (κ3) is 5.65. The van der Waals surface area contributed by atoms with Crippen molar-refractivity contribution in [3.05, 3.63) is 58.9 Å². The molecular formula is C23H30N4O. The molecule has 1 aliphatic rings. The van der Waals surface area contributed by atoms with Crippen LogP contribution in [0.3, 0.4) is 0 Å². The van der Waals surface area contributed by atoms with Gasteiger partial charge in [0, 0.05) is 17.9 Å². The molecule has 0 unspecified atom stereocenters. The molecule has 0 spiro atoms. The van der Waals surface area contributed by atoms with Gasteiger partial charge in [-0.15, -0.1) is 0 Å². The summed E-state index contributed by atoms with van der Waals surface area (Å²) < 4.78 is 0. The molecule has 0 aliphatic heterocycles. The van der Waals surface area contributed by atoms with Crippen LogP contribution in [0, 0.1) is 6.92 Å². The van der Waals surface area contributed by atoms with Crippen LogP contribution < -0.4 is 10.6 Å². The van der Waals surface area contributed by atoms with E-state index in [4.69, 9.17) is 0 Å². The molecule has 5 nitrogen and oxygen atoms in total. The molecule has 0 bridgehead atoms. The van der Waals surface area contributed by atoms with Gasteiger partial charge in [0.15, 0.2) is 0 Å². The topological polar surface area (TPSA) is 66.9 Å². The molecule has 28 heavy (non-hydrogen) atoms. The van der Waals surface area contributed by atoms with Crippen molar-refractivity contribution in [1.82, 2.24) is 9.97 Å². The number of aromatic nitrogens is 2. The number of hydrogen-bond donors (Lipinski definition) is 2. The summed E-state index contributed by atoms with van der Waals surface area (Å²) >= 11 is 0. The zero-order valence-electron chi connectivity index (χ0n) is 17.1. The molecule has 1 aromatic heterocycles. The van der Waals surface area contributed by atoms with Gasteiger partial charge in [0.1, 0.15) is 5.69 Å². The fourth-order valence-corrected chi connectivity index (χ4v) is 3.38. The van der Waals surface area contributed by atoms with Crippen LogP contribution in [0.25, 0.3) is 0 Å². The average molecular weight is 379 g/mol. The number of carbonyl (C=O) groups is 1. The summed E-state index contributed by atoms with van der Waals surface area (Å²) in [6, 6.07) is 9.65. The number of aryl methyl sites for hydroxylation is 1. The fraction of sp³-hybridized carbons (Fsp3) is 0.435. The Morgan fingerprint density at radius 1 is 1.14 bits per heavy atom. The average Bonchev–Trinajstić information content (AvgIpc) is 2.69. The summed E-state index contributed by atoms with van der Waals surface area (Å²) in [6.07, 6.45) is 8.33. The first-order valence-electron chi connectivity index (χ1n) is 10.2. The van der Waals surface area contributed by atoms with Gasteiger partial charge in [0.05, 0.1) is 0 Å². The number of nitrogens with one attached hydrogen (secondary N) is 2. The molecule has 5 heteroatoms. The van der Waals surface area contributed by atoms with Crippen LogP contribution in [0.5, 0.6) is 0 Å². The van der Waals surface area contributed by atoms with Crippen molar-refractivity contribution >= 4 is 17.5 Å². The maximum Gasteiger partial charge on any atom is 0.274 e. The van der Waals surface area contributed by atoms with Gasteiger partial charge in [0.2, 0.25) is 5.95 Å². The summed E-state index contributed by atoms with van der Waals surface area (Å²) in [5.74, 6) is 0.754. The molecule has 2 N–H and O–H groups in total. The van der Waals surface area contributed by atoms with Gasteiger partial charge in [-0.05, 0) is 68.7 Å². The molecule has 1 aromatic carbocycles. The van der Waals surface area contributed by atoms with Gasteiger partial charge in [-0.1, -0.05) is 37.6 Å². The highest BCUT2D eigenvalue weighted by Gasteiger charge is 2.12. The van der Waals surface area contributed by atoms with E-state index in [0.29, 0.717) is 17.6 Å². The Morgan fingerprint density at radius 2 is 1.93 bits per heavy atom. The van der Waals surface area contributed by atoms with E-state index in [1.54, 1.807) is 6.07 Å². The molecule has 2 aromatic rings. The second kappa shape index (κ2) is 9.49. The molecule has 0 saturated heterocycles. The zero-order valence-corrected chi connectivity index (χ0v) is 17.1. The van der Waals surface area contributed by atoms with E-state index in [2.05, 4.69) is 40.5 Å². The maximum atomic E-state index is 12.6. The highest BCUT2D eigenvalue weighted by Crippen LogP contribution is 2.20. The standard InChI is InChI=1S/C23H30N4O/c1-16(2)19-9-11-20(12-10-19)26-22(28)21-15-17(3)25-23(27-21)24-14-13-18-7-5-4-6-8-18/h7,9-12,15-16H,4-6,8,13-14H2,1-3H3,(H,26,28)(H,24,25,27). The van der Waals surface area contributed by atoms with Gasteiger partial charge in [-0.25, -0.2) is 9.97 Å². The molecule has 1 heterocycles. The number of carbonyl (C=O) groups excluding carboxylic acids is 1. The predicted molar refractivity (Wildman–Crippen MR) is 115 cm³/mol. The van der Waals surface area contributed by atoms with Crippen LogP contribution in [0.1, 0.15) is 73.6 Å². The van der Waals surface area contributed by atoms with Crippen LogP contribution in [-0.2, 0) is 0 Å². The van der Waals surface area contributed by atoms with E-state index < -0.39 is 0 Å². The molecule has 3 rings (SSSR count). The number of amides is 1. The van der Waals surface area contributed by atoms with Crippen molar-refractivity contribution in [2.75, 3.05) is 17.2 Å². The monoisotopic (exact) mass is 378 g/mol. The zero-order chi connectivity index (χ0) is 19.9. The molecule has 1 amide bonds. The number of anilines is 2. The third-order valence-electron chi connectivity index (χ3n) is 5.04. The largest absolute Gasteiger partial charge is 0.354 e. The first-order chi connectivity index (χ1) is 13.5. The lowest BCUT2D eigenvalue weighted by molar-refractivity contribution is 0.102. The predicted octanol–water partition coefficient (Wildman–Crippen LogP) is 5.46. The van der Waals surface area contributed by atoms with Crippen molar-refractivity contribution < 1.29 is 4.79 Å². The Hall–Kier alpha value is -2.69. The lowest BCUT2D eigenvalue weighted by atomic mass is 9.97. The second-order valence-electron chi connectivity index (χ2n) is 7.73. The molecule has 148 valence electrons. The van der Waals surface area contributed by atoms with Crippen LogP contribution in [0.15, 0.2) is 42.0 Å². The van der Waals surface area contributed by atoms with Gasteiger partial charge >= 0.3 is 0 Å². The summed E-state index contributed by atoms with van der Waals surface area (Å²) in [5, 5.41) is 6.19. The lowest BCUT2D eigenvalue weighted by Crippen LogP contribution is -2.16. The number of benzene rings is 1. The van der Waals surface area contributed by atoms with E-state index in [9.17, 15) is 4.79 Å². The normalized spacial score (nSPS) is 13.9. The first-order valence-corrected chi connectivity index (χ1v) is 10.2. The van der Waals surface area contributed by atoms with Crippen LogP contribution in [0.2, 0.25) is 0 Å². The Bertz CT molecular complexity index is 840. The molecule has 0 radical (unpaired) electrons. The highest BCUT2D eigenvalue weighted by molar-refractivity contribution is 6.03. The molecule has 0 saturated carbocycles. The summed E-state index contributed by atoms with van der Waals surface area (Å²) in [6.45, 7) is 6.96. The van der Waals surface area contributed by atoms with E-state index >= 15 is 0 Å². The van der Waals surface area contributed by atoms with Crippen LogP contribution in [-0.4, -0.2) is 22.4 Å². The van der Waals surface area contributed by atoms with E-state index in [-0.39, 0.29) is 5.91 Å². The van der Waals surface area contributed by atoms with Crippen molar-refractivity contribution in [2.24, 2.45) is 0 Å². The van der Waals surface area contributed by atoms with Crippen LogP contribution >= 0.6 is 0 Å². The molecule has 0 fully saturated rings. The minimum Gasteiger partial charge on any atom is -0.354 e. The minimum absolute atomic E-state index is 0.221. The second-order valence-corrected chi connectivity index (χ2v) is 7.73. The van der Waals surface area contributed by atoms with Crippen molar-refractivity contribution in [3.8, 4) is 0 Å². The number of rotatable bonds is 7.